The van der Waals surface area contributed by atoms with Crippen molar-refractivity contribution in [2.75, 3.05) is 5.32 Å². The second-order valence-electron chi connectivity index (χ2n) is 6.29. The largest absolute Gasteiger partial charge is 0.464 e. The number of allylic oxidation sites excluding steroid dienone is 1. The van der Waals surface area contributed by atoms with Crippen molar-refractivity contribution < 1.29 is 9.21 Å². The summed E-state index contributed by atoms with van der Waals surface area (Å²) in [5, 5.41) is 9.62. The molecule has 0 saturated heterocycles. The third kappa shape index (κ3) is 3.58. The Bertz CT molecular complexity index is 883. The van der Waals surface area contributed by atoms with Gasteiger partial charge in [-0.2, -0.15) is 0 Å². The summed E-state index contributed by atoms with van der Waals surface area (Å²) in [6.45, 7) is 7.71. The number of hydrogen-bond donors (Lipinski definition) is 3. The first kappa shape index (κ1) is 17.2. The Labute approximate surface area is 152 Å². The lowest BCUT2D eigenvalue weighted by Crippen LogP contribution is -2.45. The second kappa shape index (κ2) is 6.72. The van der Waals surface area contributed by atoms with Crippen LogP contribution < -0.4 is 16.0 Å². The van der Waals surface area contributed by atoms with E-state index in [0.29, 0.717) is 22.1 Å². The molecule has 1 atom stereocenters. The fourth-order valence-electron chi connectivity index (χ4n) is 2.96. The Morgan fingerprint density at radius 2 is 1.92 bits per heavy atom. The number of carbonyl (C=O) groups excluding carboxylic acids is 1. The maximum absolute atomic E-state index is 13.0. The molecule has 25 heavy (non-hydrogen) atoms. The van der Waals surface area contributed by atoms with Gasteiger partial charge in [0.05, 0.1) is 5.57 Å². The summed E-state index contributed by atoms with van der Waals surface area (Å²) in [5.41, 5.74) is 4.23. The molecule has 0 spiro atoms. The van der Waals surface area contributed by atoms with Gasteiger partial charge in [-0.15, -0.1) is 0 Å². The molecule has 6 heteroatoms. The van der Waals surface area contributed by atoms with Crippen molar-refractivity contribution in [1.82, 2.24) is 10.6 Å². The van der Waals surface area contributed by atoms with Crippen molar-refractivity contribution in [3.8, 4) is 0 Å². The van der Waals surface area contributed by atoms with Crippen LogP contribution in [-0.2, 0) is 4.79 Å². The molecule has 1 aliphatic heterocycles. The smallest absolute Gasteiger partial charge is 0.255 e. The number of anilines is 1. The van der Waals surface area contributed by atoms with Crippen LogP contribution in [0.4, 0.5) is 5.69 Å². The Morgan fingerprint density at radius 1 is 1.16 bits per heavy atom. The molecule has 0 bridgehead atoms. The van der Waals surface area contributed by atoms with Crippen molar-refractivity contribution in [2.24, 2.45) is 0 Å². The van der Waals surface area contributed by atoms with Crippen molar-refractivity contribution in [3.05, 3.63) is 64.2 Å². The number of thiocarbonyl (C=S) groups is 1. The van der Waals surface area contributed by atoms with E-state index in [1.165, 1.54) is 0 Å². The molecule has 0 aliphatic carbocycles. The fourth-order valence-corrected chi connectivity index (χ4v) is 3.23. The SMILES string of the molecule is CC1=C(C(=O)Nc2ccc(C)cc2C)[C@@H](c2ccc(C)o2)NC(=S)N1. The van der Waals surface area contributed by atoms with E-state index in [9.17, 15) is 4.79 Å². The number of carbonyl (C=O) groups is 1. The van der Waals surface area contributed by atoms with Gasteiger partial charge in [0.15, 0.2) is 5.11 Å². The zero-order chi connectivity index (χ0) is 18.1. The summed E-state index contributed by atoms with van der Waals surface area (Å²) in [5.74, 6) is 1.26. The summed E-state index contributed by atoms with van der Waals surface area (Å²) in [6.07, 6.45) is 0. The van der Waals surface area contributed by atoms with E-state index in [-0.39, 0.29) is 5.91 Å². The molecule has 3 N–H and O–H groups in total. The van der Waals surface area contributed by atoms with Gasteiger partial charge in [0.2, 0.25) is 0 Å². The molecule has 0 saturated carbocycles. The summed E-state index contributed by atoms with van der Waals surface area (Å²) in [7, 11) is 0. The van der Waals surface area contributed by atoms with Crippen molar-refractivity contribution in [2.45, 2.75) is 33.7 Å². The predicted octanol–water partition coefficient (Wildman–Crippen LogP) is 3.64. The van der Waals surface area contributed by atoms with Gasteiger partial charge in [-0.1, -0.05) is 17.7 Å². The van der Waals surface area contributed by atoms with Gasteiger partial charge in [0, 0.05) is 11.4 Å². The van der Waals surface area contributed by atoms with Gasteiger partial charge in [-0.05, 0) is 63.7 Å². The quantitative estimate of drug-likeness (QED) is 0.734. The predicted molar refractivity (Wildman–Crippen MR) is 102 cm³/mol. The number of aryl methyl sites for hydroxylation is 3. The van der Waals surface area contributed by atoms with Crippen LogP contribution in [0.2, 0.25) is 0 Å². The highest BCUT2D eigenvalue weighted by molar-refractivity contribution is 7.80. The lowest BCUT2D eigenvalue weighted by atomic mass is 9.99. The normalized spacial score (nSPS) is 17.1. The van der Waals surface area contributed by atoms with E-state index >= 15 is 0 Å². The maximum atomic E-state index is 13.0. The lowest BCUT2D eigenvalue weighted by Gasteiger charge is -2.29. The van der Waals surface area contributed by atoms with Crippen molar-refractivity contribution >= 4 is 28.9 Å². The monoisotopic (exact) mass is 355 g/mol. The van der Waals surface area contributed by atoms with E-state index in [1.807, 2.05) is 58.0 Å². The first-order valence-electron chi connectivity index (χ1n) is 8.08. The topological polar surface area (TPSA) is 66.3 Å². The first-order chi connectivity index (χ1) is 11.8. The highest BCUT2D eigenvalue weighted by atomic mass is 32.1. The minimum Gasteiger partial charge on any atom is -0.464 e. The van der Waals surface area contributed by atoms with Gasteiger partial charge >= 0.3 is 0 Å². The maximum Gasteiger partial charge on any atom is 0.255 e. The number of benzene rings is 1. The molecule has 1 aromatic carbocycles. The van der Waals surface area contributed by atoms with Gasteiger partial charge in [0.1, 0.15) is 17.6 Å². The average Bonchev–Trinajstić information content (AvgIpc) is 2.95. The van der Waals surface area contributed by atoms with Crippen LogP contribution in [0.1, 0.15) is 35.6 Å². The molecular weight excluding hydrogens is 334 g/mol. The van der Waals surface area contributed by atoms with E-state index < -0.39 is 6.04 Å². The molecular formula is C19H21N3O2S. The van der Waals surface area contributed by atoms with Crippen LogP contribution in [0.3, 0.4) is 0 Å². The van der Waals surface area contributed by atoms with E-state index in [1.54, 1.807) is 0 Å². The standard InChI is InChI=1S/C19H21N3O2S/c1-10-5-7-14(11(2)9-10)21-18(23)16-13(4)20-19(25)22-17(16)15-8-6-12(3)24-15/h5-9,17H,1-4H3,(H,21,23)(H2,20,22,25)/t17-/m1/s1. The van der Waals surface area contributed by atoms with Crippen LogP contribution in [0, 0.1) is 20.8 Å². The number of rotatable bonds is 3. The summed E-state index contributed by atoms with van der Waals surface area (Å²) < 4.78 is 5.73. The number of hydrogen-bond acceptors (Lipinski definition) is 3. The summed E-state index contributed by atoms with van der Waals surface area (Å²) >= 11 is 5.24. The van der Waals surface area contributed by atoms with Crippen LogP contribution in [0.15, 0.2) is 46.0 Å². The molecule has 2 heterocycles. The Kier molecular flexibility index (Phi) is 4.63. The second-order valence-corrected chi connectivity index (χ2v) is 6.70. The highest BCUT2D eigenvalue weighted by Crippen LogP contribution is 2.29. The molecule has 0 fully saturated rings. The zero-order valence-electron chi connectivity index (χ0n) is 14.7. The van der Waals surface area contributed by atoms with Gasteiger partial charge < -0.3 is 20.4 Å². The first-order valence-corrected chi connectivity index (χ1v) is 8.49. The molecule has 3 rings (SSSR count). The van der Waals surface area contributed by atoms with Crippen LogP contribution >= 0.6 is 12.2 Å². The molecule has 130 valence electrons. The minimum atomic E-state index is -0.423. The summed E-state index contributed by atoms with van der Waals surface area (Å²) in [4.78, 5) is 13.0. The number of nitrogens with one attached hydrogen (secondary N) is 3. The van der Waals surface area contributed by atoms with E-state index in [2.05, 4.69) is 16.0 Å². The van der Waals surface area contributed by atoms with E-state index in [0.717, 1.165) is 22.6 Å². The average molecular weight is 355 g/mol. The third-order valence-electron chi connectivity index (χ3n) is 4.19. The molecule has 1 amide bonds. The Hall–Kier alpha value is -2.60. The van der Waals surface area contributed by atoms with Gasteiger partial charge in [-0.3, -0.25) is 4.79 Å². The van der Waals surface area contributed by atoms with Gasteiger partial charge in [-0.25, -0.2) is 0 Å². The molecule has 5 nitrogen and oxygen atoms in total. The van der Waals surface area contributed by atoms with E-state index in [4.69, 9.17) is 16.6 Å². The van der Waals surface area contributed by atoms with Crippen LogP contribution in [0.5, 0.6) is 0 Å². The Morgan fingerprint density at radius 3 is 2.56 bits per heavy atom. The minimum absolute atomic E-state index is 0.189. The van der Waals surface area contributed by atoms with Crippen molar-refractivity contribution in [3.63, 3.8) is 0 Å². The van der Waals surface area contributed by atoms with Gasteiger partial charge in [0.25, 0.3) is 5.91 Å². The lowest BCUT2D eigenvalue weighted by molar-refractivity contribution is -0.113. The fraction of sp³-hybridized carbons (Fsp3) is 0.263. The van der Waals surface area contributed by atoms with Crippen LogP contribution in [-0.4, -0.2) is 11.0 Å². The van der Waals surface area contributed by atoms with Crippen LogP contribution in [0.25, 0.3) is 0 Å². The van der Waals surface area contributed by atoms with Crippen molar-refractivity contribution in [1.29, 1.82) is 0 Å². The highest BCUT2D eigenvalue weighted by Gasteiger charge is 2.32. The zero-order valence-corrected chi connectivity index (χ0v) is 15.5. The molecule has 1 aromatic heterocycles. The number of furan rings is 1. The molecule has 2 aromatic rings. The summed E-state index contributed by atoms with van der Waals surface area (Å²) in [6, 6.07) is 9.24. The third-order valence-corrected chi connectivity index (χ3v) is 4.41. The Balaban J connectivity index is 1.94. The molecule has 1 aliphatic rings. The molecule has 0 unspecified atom stereocenters. The molecule has 0 radical (unpaired) electrons. The number of amides is 1.